The van der Waals surface area contributed by atoms with Crippen molar-refractivity contribution in [3.05, 3.63) is 23.3 Å². The predicted molar refractivity (Wildman–Crippen MR) is 55.7 cm³/mol. The molecule has 0 N–H and O–H groups in total. The molecular formula is C11H8F3NO4. The zero-order valence-corrected chi connectivity index (χ0v) is 9.87. The van der Waals surface area contributed by atoms with Crippen molar-refractivity contribution >= 4 is 5.97 Å². The lowest BCUT2D eigenvalue weighted by Crippen LogP contribution is -2.18. The van der Waals surface area contributed by atoms with E-state index in [2.05, 4.69) is 9.47 Å². The zero-order valence-electron chi connectivity index (χ0n) is 9.87. The molecule has 0 aromatic heterocycles. The fourth-order valence-electron chi connectivity index (χ4n) is 1.37. The Hall–Kier alpha value is -2.43. The van der Waals surface area contributed by atoms with E-state index in [0.717, 1.165) is 26.4 Å². The first-order valence-corrected chi connectivity index (χ1v) is 4.79. The summed E-state index contributed by atoms with van der Waals surface area (Å²) in [5.74, 6) is -2.24. The number of ether oxygens (including phenoxy) is 3. The highest BCUT2D eigenvalue weighted by Crippen LogP contribution is 2.37. The Labute approximate surface area is 106 Å². The van der Waals surface area contributed by atoms with Crippen molar-refractivity contribution in [1.29, 1.82) is 5.26 Å². The van der Waals surface area contributed by atoms with Crippen LogP contribution in [0.4, 0.5) is 13.2 Å². The van der Waals surface area contributed by atoms with Crippen LogP contribution < -0.4 is 9.47 Å². The fourth-order valence-corrected chi connectivity index (χ4v) is 1.37. The van der Waals surface area contributed by atoms with Crippen LogP contribution in [0.25, 0.3) is 0 Å². The summed E-state index contributed by atoms with van der Waals surface area (Å²) in [5, 5.41) is 8.83. The fraction of sp³-hybridized carbons (Fsp3) is 0.273. The Kier molecular flexibility index (Phi) is 4.22. The highest BCUT2D eigenvalue weighted by molar-refractivity contribution is 5.96. The topological polar surface area (TPSA) is 68.6 Å². The van der Waals surface area contributed by atoms with Crippen LogP contribution in [0, 0.1) is 11.3 Å². The molecule has 0 amide bonds. The van der Waals surface area contributed by atoms with Crippen LogP contribution in [0.15, 0.2) is 12.1 Å². The summed E-state index contributed by atoms with van der Waals surface area (Å²) in [5.41, 5.74) is -0.604. The average Bonchev–Trinajstić information content (AvgIpc) is 2.35. The summed E-state index contributed by atoms with van der Waals surface area (Å²) in [7, 11) is 2.08. The molecule has 0 heterocycles. The molecule has 0 saturated heterocycles. The number of halogens is 3. The van der Waals surface area contributed by atoms with E-state index in [0.29, 0.717) is 0 Å². The van der Waals surface area contributed by atoms with Gasteiger partial charge in [0, 0.05) is 0 Å². The molecule has 0 saturated carbocycles. The maximum atomic E-state index is 12.2. The van der Waals surface area contributed by atoms with Crippen molar-refractivity contribution in [3.8, 4) is 17.6 Å². The second-order valence-corrected chi connectivity index (χ2v) is 3.17. The van der Waals surface area contributed by atoms with E-state index >= 15 is 0 Å². The van der Waals surface area contributed by atoms with Gasteiger partial charge in [0.25, 0.3) is 0 Å². The van der Waals surface area contributed by atoms with Crippen molar-refractivity contribution in [2.24, 2.45) is 0 Å². The molecule has 0 aliphatic heterocycles. The molecule has 0 atom stereocenters. The number of rotatable bonds is 3. The van der Waals surface area contributed by atoms with Gasteiger partial charge >= 0.3 is 12.3 Å². The maximum Gasteiger partial charge on any atom is 0.573 e. The van der Waals surface area contributed by atoms with Crippen LogP contribution in [-0.2, 0) is 4.74 Å². The molecule has 0 unspecified atom stereocenters. The van der Waals surface area contributed by atoms with E-state index in [-0.39, 0.29) is 5.56 Å². The van der Waals surface area contributed by atoms with Gasteiger partial charge < -0.3 is 14.2 Å². The van der Waals surface area contributed by atoms with E-state index in [9.17, 15) is 18.0 Å². The van der Waals surface area contributed by atoms with Gasteiger partial charge in [0.05, 0.1) is 19.8 Å². The van der Waals surface area contributed by atoms with E-state index in [1.54, 1.807) is 6.07 Å². The zero-order chi connectivity index (χ0) is 14.6. The summed E-state index contributed by atoms with van der Waals surface area (Å²) < 4.78 is 49.4. The van der Waals surface area contributed by atoms with Gasteiger partial charge in [0.15, 0.2) is 11.5 Å². The number of hydrogen-bond acceptors (Lipinski definition) is 5. The molecular weight excluding hydrogens is 267 g/mol. The first kappa shape index (κ1) is 14.6. The standard InChI is InChI=1S/C11H8F3NO4/c1-17-9-7(19-11(12,13)14)4-3-6(5-15)8(9)10(16)18-2/h3-4H,1-2H3. The number of carbonyl (C=O) groups is 1. The average molecular weight is 275 g/mol. The van der Waals surface area contributed by atoms with Crippen LogP contribution in [-0.4, -0.2) is 26.6 Å². The quantitative estimate of drug-likeness (QED) is 0.791. The maximum absolute atomic E-state index is 12.2. The van der Waals surface area contributed by atoms with Gasteiger partial charge in [-0.05, 0) is 12.1 Å². The Balaban J connectivity index is 3.45. The Morgan fingerprint density at radius 3 is 2.37 bits per heavy atom. The van der Waals surface area contributed by atoms with E-state index < -0.39 is 29.4 Å². The van der Waals surface area contributed by atoms with E-state index in [1.807, 2.05) is 0 Å². The monoisotopic (exact) mass is 275 g/mol. The Morgan fingerprint density at radius 2 is 1.95 bits per heavy atom. The number of methoxy groups -OCH3 is 2. The summed E-state index contributed by atoms with van der Waals surface area (Å²) >= 11 is 0. The molecule has 0 aliphatic carbocycles. The third-order valence-electron chi connectivity index (χ3n) is 2.06. The minimum atomic E-state index is -4.95. The van der Waals surface area contributed by atoms with Crippen molar-refractivity contribution in [3.63, 3.8) is 0 Å². The number of esters is 1. The minimum absolute atomic E-state index is 0.182. The largest absolute Gasteiger partial charge is 0.573 e. The number of benzene rings is 1. The van der Waals surface area contributed by atoms with E-state index in [1.165, 1.54) is 0 Å². The lowest BCUT2D eigenvalue weighted by atomic mass is 10.1. The third-order valence-corrected chi connectivity index (χ3v) is 2.06. The van der Waals surface area contributed by atoms with Gasteiger partial charge in [0.1, 0.15) is 11.6 Å². The van der Waals surface area contributed by atoms with Gasteiger partial charge in [-0.15, -0.1) is 13.2 Å². The molecule has 8 heteroatoms. The molecule has 19 heavy (non-hydrogen) atoms. The third kappa shape index (κ3) is 3.28. The van der Waals surface area contributed by atoms with Gasteiger partial charge in [0.2, 0.25) is 0 Å². The summed E-state index contributed by atoms with van der Waals surface area (Å²) in [4.78, 5) is 11.5. The smallest absolute Gasteiger partial charge is 0.492 e. The molecule has 0 fully saturated rings. The van der Waals surface area contributed by atoms with Gasteiger partial charge in [-0.3, -0.25) is 0 Å². The second kappa shape index (κ2) is 5.48. The number of alkyl halides is 3. The van der Waals surface area contributed by atoms with Crippen molar-refractivity contribution in [1.82, 2.24) is 0 Å². The summed E-state index contributed by atoms with van der Waals surface area (Å²) in [6.45, 7) is 0. The van der Waals surface area contributed by atoms with Gasteiger partial charge in [-0.25, -0.2) is 4.79 Å². The number of nitriles is 1. The molecule has 0 bridgehead atoms. The lowest BCUT2D eigenvalue weighted by molar-refractivity contribution is -0.275. The lowest BCUT2D eigenvalue weighted by Gasteiger charge is -2.15. The molecule has 0 spiro atoms. The minimum Gasteiger partial charge on any atom is -0.492 e. The predicted octanol–water partition coefficient (Wildman–Crippen LogP) is 2.25. The molecule has 1 aromatic carbocycles. The number of hydrogen-bond donors (Lipinski definition) is 0. The Morgan fingerprint density at radius 1 is 1.32 bits per heavy atom. The molecule has 5 nitrogen and oxygen atoms in total. The van der Waals surface area contributed by atoms with E-state index in [4.69, 9.17) is 10.00 Å². The first-order chi connectivity index (χ1) is 8.84. The van der Waals surface area contributed by atoms with Crippen LogP contribution in [0.2, 0.25) is 0 Å². The highest BCUT2D eigenvalue weighted by Gasteiger charge is 2.34. The SMILES string of the molecule is COC(=O)c1c(C#N)ccc(OC(F)(F)F)c1OC. The van der Waals surface area contributed by atoms with Crippen LogP contribution in [0.1, 0.15) is 15.9 Å². The van der Waals surface area contributed by atoms with Crippen LogP contribution >= 0.6 is 0 Å². The number of nitrogens with zero attached hydrogens (tertiary/aromatic N) is 1. The summed E-state index contributed by atoms with van der Waals surface area (Å²) in [6.07, 6.45) is -4.95. The van der Waals surface area contributed by atoms with Gasteiger partial charge in [-0.1, -0.05) is 0 Å². The van der Waals surface area contributed by atoms with Crippen LogP contribution in [0.3, 0.4) is 0 Å². The van der Waals surface area contributed by atoms with Crippen LogP contribution in [0.5, 0.6) is 11.5 Å². The Bertz CT molecular complexity index is 534. The summed E-state index contributed by atoms with van der Waals surface area (Å²) in [6, 6.07) is 3.55. The van der Waals surface area contributed by atoms with Gasteiger partial charge in [-0.2, -0.15) is 5.26 Å². The molecule has 0 radical (unpaired) electrons. The van der Waals surface area contributed by atoms with Crippen molar-refractivity contribution < 1.29 is 32.2 Å². The second-order valence-electron chi connectivity index (χ2n) is 3.17. The normalized spacial score (nSPS) is 10.5. The van der Waals surface area contributed by atoms with Crippen molar-refractivity contribution in [2.45, 2.75) is 6.36 Å². The molecule has 1 aromatic rings. The number of carbonyl (C=O) groups excluding carboxylic acids is 1. The molecule has 102 valence electrons. The first-order valence-electron chi connectivity index (χ1n) is 4.79. The molecule has 0 aliphatic rings. The highest BCUT2D eigenvalue weighted by atomic mass is 19.4. The van der Waals surface area contributed by atoms with Crippen molar-refractivity contribution in [2.75, 3.05) is 14.2 Å². The molecule has 1 rings (SSSR count).